The zero-order valence-electron chi connectivity index (χ0n) is 11.9. The van der Waals surface area contributed by atoms with Gasteiger partial charge in [-0.15, -0.1) is 0 Å². The van der Waals surface area contributed by atoms with Crippen molar-refractivity contribution in [3.63, 3.8) is 0 Å². The minimum atomic E-state index is 0.138. The number of fused-ring (bicyclic) bond motifs is 1. The summed E-state index contributed by atoms with van der Waals surface area (Å²) in [5.41, 5.74) is 3.87. The molecule has 0 radical (unpaired) electrons. The molecular formula is C18H19NO. The monoisotopic (exact) mass is 265 g/mol. The van der Waals surface area contributed by atoms with E-state index in [9.17, 15) is 4.79 Å². The van der Waals surface area contributed by atoms with Crippen LogP contribution in [0.4, 0.5) is 0 Å². The van der Waals surface area contributed by atoms with Crippen LogP contribution in [-0.4, -0.2) is 17.4 Å². The molecule has 0 saturated carbocycles. The Morgan fingerprint density at radius 1 is 0.900 bits per heavy atom. The molecule has 3 rings (SSSR count). The fourth-order valence-electron chi connectivity index (χ4n) is 3.43. The molecule has 2 aromatic carbocycles. The summed E-state index contributed by atoms with van der Waals surface area (Å²) in [7, 11) is 0. The molecule has 3 atom stereocenters. The Labute approximate surface area is 120 Å². The van der Waals surface area contributed by atoms with Crippen LogP contribution in [0.5, 0.6) is 0 Å². The predicted octanol–water partition coefficient (Wildman–Crippen LogP) is 3.74. The van der Waals surface area contributed by atoms with Gasteiger partial charge in [0.25, 0.3) is 0 Å². The molecule has 1 unspecified atom stereocenters. The third-order valence-corrected chi connectivity index (χ3v) is 4.46. The van der Waals surface area contributed by atoms with Crippen molar-refractivity contribution in [3.8, 4) is 0 Å². The molecule has 0 aromatic heterocycles. The van der Waals surface area contributed by atoms with Crippen molar-refractivity contribution in [3.05, 3.63) is 71.3 Å². The third-order valence-electron chi connectivity index (χ3n) is 4.46. The van der Waals surface area contributed by atoms with Crippen molar-refractivity contribution in [2.75, 3.05) is 0 Å². The lowest BCUT2D eigenvalue weighted by molar-refractivity contribution is -0.123. The van der Waals surface area contributed by atoms with Crippen LogP contribution in [0.25, 0.3) is 0 Å². The highest BCUT2D eigenvalue weighted by atomic mass is 16.1. The van der Waals surface area contributed by atoms with E-state index in [2.05, 4.69) is 62.4 Å². The molecule has 2 aromatic rings. The second-order valence-electron chi connectivity index (χ2n) is 5.49. The average molecular weight is 265 g/mol. The predicted molar refractivity (Wildman–Crippen MR) is 80.5 cm³/mol. The summed E-state index contributed by atoms with van der Waals surface area (Å²) in [6.07, 6.45) is 0.987. The van der Waals surface area contributed by atoms with Crippen molar-refractivity contribution >= 4 is 6.41 Å². The molecule has 0 saturated heterocycles. The van der Waals surface area contributed by atoms with Gasteiger partial charge in [-0.2, -0.15) is 0 Å². The summed E-state index contributed by atoms with van der Waals surface area (Å²) in [6.45, 7) is 4.24. The number of benzene rings is 2. The molecule has 0 fully saturated rings. The second kappa shape index (κ2) is 5.12. The SMILES string of the molecule is C[C@@H]1C(c2ccccc2)c2ccccc2[C@H](C)N1C=O. The summed E-state index contributed by atoms with van der Waals surface area (Å²) in [5, 5.41) is 0. The fourth-order valence-corrected chi connectivity index (χ4v) is 3.43. The lowest BCUT2D eigenvalue weighted by Crippen LogP contribution is -2.43. The van der Waals surface area contributed by atoms with Gasteiger partial charge >= 0.3 is 0 Å². The van der Waals surface area contributed by atoms with Gasteiger partial charge in [0.05, 0.1) is 6.04 Å². The van der Waals surface area contributed by atoms with Gasteiger partial charge in [-0.3, -0.25) is 4.79 Å². The average Bonchev–Trinajstić information content (AvgIpc) is 2.49. The Bertz CT molecular complexity index is 608. The Hall–Kier alpha value is -2.09. The topological polar surface area (TPSA) is 20.3 Å². The van der Waals surface area contributed by atoms with E-state index in [0.717, 1.165) is 6.41 Å². The molecule has 1 aliphatic heterocycles. The van der Waals surface area contributed by atoms with Crippen LogP contribution in [-0.2, 0) is 4.79 Å². The van der Waals surface area contributed by atoms with Crippen LogP contribution in [0.15, 0.2) is 54.6 Å². The Morgan fingerprint density at radius 3 is 2.15 bits per heavy atom. The molecule has 2 nitrogen and oxygen atoms in total. The minimum Gasteiger partial charge on any atom is -0.335 e. The lowest BCUT2D eigenvalue weighted by atomic mass is 9.77. The summed E-state index contributed by atoms with van der Waals surface area (Å²) < 4.78 is 0. The standard InChI is InChI=1S/C18H19NO/c1-13-16-10-6-7-11-17(16)18(14(2)19(13)12-20)15-8-4-3-5-9-15/h3-14,18H,1-2H3/t13-,14+,18?/m0/s1. The van der Waals surface area contributed by atoms with Gasteiger partial charge in [-0.1, -0.05) is 54.6 Å². The van der Waals surface area contributed by atoms with E-state index in [0.29, 0.717) is 0 Å². The highest BCUT2D eigenvalue weighted by molar-refractivity contribution is 5.54. The van der Waals surface area contributed by atoms with E-state index in [1.165, 1.54) is 16.7 Å². The van der Waals surface area contributed by atoms with Gasteiger partial charge in [0, 0.05) is 12.0 Å². The fraction of sp³-hybridized carbons (Fsp3) is 0.278. The smallest absolute Gasteiger partial charge is 0.210 e. The highest BCUT2D eigenvalue weighted by Gasteiger charge is 2.36. The van der Waals surface area contributed by atoms with Crippen LogP contribution in [0.2, 0.25) is 0 Å². The first kappa shape index (κ1) is 12.9. The largest absolute Gasteiger partial charge is 0.335 e. The maximum absolute atomic E-state index is 11.5. The van der Waals surface area contributed by atoms with E-state index in [-0.39, 0.29) is 18.0 Å². The third kappa shape index (κ3) is 1.92. The van der Waals surface area contributed by atoms with E-state index in [1.807, 2.05) is 11.0 Å². The second-order valence-corrected chi connectivity index (χ2v) is 5.49. The molecule has 102 valence electrons. The normalized spacial score (nSPS) is 25.1. The van der Waals surface area contributed by atoms with Crippen molar-refractivity contribution in [1.82, 2.24) is 4.90 Å². The zero-order chi connectivity index (χ0) is 14.1. The number of hydrogen-bond acceptors (Lipinski definition) is 1. The number of amides is 1. The van der Waals surface area contributed by atoms with Crippen molar-refractivity contribution in [2.24, 2.45) is 0 Å². The Kier molecular flexibility index (Phi) is 3.31. The lowest BCUT2D eigenvalue weighted by Gasteiger charge is -2.43. The van der Waals surface area contributed by atoms with Crippen LogP contribution in [0, 0.1) is 0 Å². The van der Waals surface area contributed by atoms with Crippen LogP contribution in [0.1, 0.15) is 42.5 Å². The summed E-state index contributed by atoms with van der Waals surface area (Å²) in [4.78, 5) is 13.4. The van der Waals surface area contributed by atoms with Crippen LogP contribution in [0.3, 0.4) is 0 Å². The highest BCUT2D eigenvalue weighted by Crippen LogP contribution is 2.42. The first-order valence-corrected chi connectivity index (χ1v) is 7.10. The summed E-state index contributed by atoms with van der Waals surface area (Å²) >= 11 is 0. The Balaban J connectivity index is 2.17. The number of nitrogens with zero attached hydrogens (tertiary/aromatic N) is 1. The van der Waals surface area contributed by atoms with Crippen molar-refractivity contribution < 1.29 is 4.79 Å². The van der Waals surface area contributed by atoms with Gasteiger partial charge in [0.1, 0.15) is 0 Å². The number of rotatable bonds is 2. The number of carbonyl (C=O) groups is 1. The molecule has 1 aliphatic rings. The van der Waals surface area contributed by atoms with Gasteiger partial charge in [0.15, 0.2) is 0 Å². The summed E-state index contributed by atoms with van der Waals surface area (Å²) in [5.74, 6) is 0.244. The molecule has 0 aliphatic carbocycles. The first-order valence-electron chi connectivity index (χ1n) is 7.10. The molecule has 0 N–H and O–H groups in total. The van der Waals surface area contributed by atoms with Crippen LogP contribution < -0.4 is 0 Å². The molecule has 0 bridgehead atoms. The van der Waals surface area contributed by atoms with Gasteiger partial charge in [0.2, 0.25) is 6.41 Å². The molecule has 0 spiro atoms. The summed E-state index contributed by atoms with van der Waals surface area (Å²) in [6, 6.07) is 19.2. The van der Waals surface area contributed by atoms with Gasteiger partial charge < -0.3 is 4.90 Å². The van der Waals surface area contributed by atoms with E-state index < -0.39 is 0 Å². The van der Waals surface area contributed by atoms with Gasteiger partial charge in [-0.05, 0) is 30.5 Å². The minimum absolute atomic E-state index is 0.138. The van der Waals surface area contributed by atoms with Crippen molar-refractivity contribution in [1.29, 1.82) is 0 Å². The van der Waals surface area contributed by atoms with Gasteiger partial charge in [-0.25, -0.2) is 0 Å². The molecule has 1 amide bonds. The van der Waals surface area contributed by atoms with Crippen molar-refractivity contribution in [2.45, 2.75) is 31.8 Å². The quantitative estimate of drug-likeness (QED) is 0.757. The molecular weight excluding hydrogens is 246 g/mol. The maximum atomic E-state index is 11.5. The molecule has 2 heteroatoms. The first-order chi connectivity index (χ1) is 9.74. The van der Waals surface area contributed by atoms with E-state index in [1.54, 1.807) is 0 Å². The van der Waals surface area contributed by atoms with E-state index in [4.69, 9.17) is 0 Å². The Morgan fingerprint density at radius 2 is 1.50 bits per heavy atom. The maximum Gasteiger partial charge on any atom is 0.210 e. The number of carbonyl (C=O) groups excluding carboxylic acids is 1. The molecule has 20 heavy (non-hydrogen) atoms. The number of hydrogen-bond donors (Lipinski definition) is 0. The van der Waals surface area contributed by atoms with Crippen LogP contribution >= 0.6 is 0 Å². The molecule has 1 heterocycles. The van der Waals surface area contributed by atoms with E-state index >= 15 is 0 Å². The zero-order valence-corrected chi connectivity index (χ0v) is 11.9.